The summed E-state index contributed by atoms with van der Waals surface area (Å²) in [4.78, 5) is 28.0. The van der Waals surface area contributed by atoms with Gasteiger partial charge in [-0.15, -0.1) is 0 Å². The molecule has 0 spiro atoms. The van der Waals surface area contributed by atoms with Crippen LogP contribution in [0.5, 0.6) is 5.75 Å². The molecule has 1 fully saturated rings. The predicted molar refractivity (Wildman–Crippen MR) is 137 cm³/mol. The van der Waals surface area contributed by atoms with Gasteiger partial charge in [0.15, 0.2) is 0 Å². The normalized spacial score (nSPS) is 17.5. The van der Waals surface area contributed by atoms with Crippen LogP contribution in [0.4, 0.5) is 4.39 Å². The molecule has 1 saturated heterocycles. The third kappa shape index (κ3) is 4.89. The first kappa shape index (κ1) is 25.2. The molecule has 0 radical (unpaired) electrons. The highest BCUT2D eigenvalue weighted by Gasteiger charge is 2.46. The summed E-state index contributed by atoms with van der Waals surface area (Å²) in [6.07, 6.45) is 0.429. The van der Waals surface area contributed by atoms with Crippen LogP contribution in [0, 0.1) is 5.82 Å². The molecule has 3 aromatic rings. The summed E-state index contributed by atoms with van der Waals surface area (Å²) in [7, 11) is 1.48. The number of Topliss-reactive ketones (excluding diaryl/α,β-unsaturated/α-hetero) is 1. The molecule has 6 heteroatoms. The van der Waals surface area contributed by atoms with Gasteiger partial charge in [-0.3, -0.25) is 9.59 Å². The maximum atomic E-state index is 13.4. The van der Waals surface area contributed by atoms with E-state index in [2.05, 4.69) is 20.8 Å². The van der Waals surface area contributed by atoms with Crippen LogP contribution in [0.25, 0.3) is 5.76 Å². The fraction of sp³-hybridized carbons (Fsp3) is 0.267. The van der Waals surface area contributed by atoms with E-state index in [1.54, 1.807) is 36.4 Å². The zero-order valence-electron chi connectivity index (χ0n) is 20.9. The Morgan fingerprint density at radius 3 is 2.22 bits per heavy atom. The molecule has 0 aliphatic carbocycles. The van der Waals surface area contributed by atoms with E-state index in [1.165, 1.54) is 24.1 Å². The van der Waals surface area contributed by atoms with Crippen molar-refractivity contribution in [2.24, 2.45) is 0 Å². The number of para-hydroxylation sites is 1. The highest BCUT2D eigenvalue weighted by molar-refractivity contribution is 6.46. The Labute approximate surface area is 210 Å². The van der Waals surface area contributed by atoms with Gasteiger partial charge in [-0.05, 0) is 52.8 Å². The molecule has 1 heterocycles. The largest absolute Gasteiger partial charge is 0.507 e. The molecule has 5 nitrogen and oxygen atoms in total. The van der Waals surface area contributed by atoms with Gasteiger partial charge in [0.2, 0.25) is 0 Å². The number of hydrogen-bond donors (Lipinski definition) is 1. The number of carbonyl (C=O) groups is 2. The molecule has 0 bridgehead atoms. The lowest BCUT2D eigenvalue weighted by Crippen LogP contribution is -2.31. The first-order valence-electron chi connectivity index (χ1n) is 11.9. The molecule has 1 N–H and O–H groups in total. The number of likely N-dealkylation sites (tertiary alicyclic amines) is 1. The van der Waals surface area contributed by atoms with Crippen LogP contribution >= 0.6 is 0 Å². The molecule has 0 saturated carbocycles. The summed E-state index contributed by atoms with van der Waals surface area (Å²) in [5.41, 5.74) is 2.96. The minimum absolute atomic E-state index is 0.0205. The zero-order chi connectivity index (χ0) is 26.0. The Hall–Kier alpha value is -3.93. The molecule has 1 amide bonds. The lowest BCUT2D eigenvalue weighted by molar-refractivity contribution is -0.139. The van der Waals surface area contributed by atoms with Crippen molar-refractivity contribution in [2.45, 2.75) is 38.6 Å². The lowest BCUT2D eigenvalue weighted by Gasteiger charge is -2.26. The van der Waals surface area contributed by atoms with E-state index in [0.717, 1.165) is 16.7 Å². The maximum Gasteiger partial charge on any atom is 0.295 e. The molecular formula is C30H30FNO4. The van der Waals surface area contributed by atoms with Crippen LogP contribution in [-0.2, 0) is 21.4 Å². The number of ether oxygens (including phenoxy) is 1. The Balaban J connectivity index is 1.81. The average Bonchev–Trinajstić information content (AvgIpc) is 3.12. The van der Waals surface area contributed by atoms with Gasteiger partial charge in [0.1, 0.15) is 17.3 Å². The second-order valence-corrected chi connectivity index (χ2v) is 9.94. The van der Waals surface area contributed by atoms with Gasteiger partial charge in [-0.2, -0.15) is 0 Å². The van der Waals surface area contributed by atoms with Crippen LogP contribution in [0.2, 0.25) is 0 Å². The van der Waals surface area contributed by atoms with E-state index in [4.69, 9.17) is 4.74 Å². The maximum absolute atomic E-state index is 13.4. The van der Waals surface area contributed by atoms with E-state index in [1.807, 2.05) is 24.3 Å². The van der Waals surface area contributed by atoms with E-state index in [-0.39, 0.29) is 29.1 Å². The van der Waals surface area contributed by atoms with Crippen molar-refractivity contribution < 1.29 is 23.8 Å². The van der Waals surface area contributed by atoms with Crippen LogP contribution in [0.15, 0.2) is 78.4 Å². The number of methoxy groups -OCH3 is 1. The molecule has 36 heavy (non-hydrogen) atoms. The standard InChI is InChI=1S/C30H30FNO4/c1-30(2,3)21-13-11-20(12-14-21)26-25(27(33)23-7-5-6-8-24(23)36-4)28(34)29(35)32(26)18-17-19-9-15-22(31)16-10-19/h5-16,26,33H,17-18H2,1-4H3/b27-25-. The number of ketones is 1. The Bertz CT molecular complexity index is 1300. The van der Waals surface area contributed by atoms with Crippen molar-refractivity contribution in [3.05, 3.63) is 106 Å². The van der Waals surface area contributed by atoms with Gasteiger partial charge in [0, 0.05) is 6.54 Å². The molecule has 186 valence electrons. The fourth-order valence-corrected chi connectivity index (χ4v) is 4.51. The van der Waals surface area contributed by atoms with Gasteiger partial charge in [-0.25, -0.2) is 4.39 Å². The first-order valence-corrected chi connectivity index (χ1v) is 11.9. The Morgan fingerprint density at radius 2 is 1.61 bits per heavy atom. The number of carbonyl (C=O) groups excluding carboxylic acids is 2. The number of amides is 1. The number of aliphatic hydroxyl groups is 1. The monoisotopic (exact) mass is 487 g/mol. The SMILES string of the molecule is COc1ccccc1/C(O)=C1/C(=O)C(=O)N(CCc2ccc(F)cc2)C1c1ccc(C(C)(C)C)cc1. The molecule has 1 aliphatic heterocycles. The third-order valence-corrected chi connectivity index (χ3v) is 6.55. The lowest BCUT2D eigenvalue weighted by atomic mass is 9.85. The Morgan fingerprint density at radius 1 is 0.972 bits per heavy atom. The summed E-state index contributed by atoms with van der Waals surface area (Å²) in [6, 6.07) is 19.9. The fourth-order valence-electron chi connectivity index (χ4n) is 4.51. The smallest absolute Gasteiger partial charge is 0.295 e. The van der Waals surface area contributed by atoms with E-state index in [0.29, 0.717) is 17.7 Å². The van der Waals surface area contributed by atoms with Crippen molar-refractivity contribution in [1.29, 1.82) is 0 Å². The number of aliphatic hydroxyl groups excluding tert-OH is 1. The summed E-state index contributed by atoms with van der Waals surface area (Å²) in [6.45, 7) is 6.56. The zero-order valence-corrected chi connectivity index (χ0v) is 20.9. The highest BCUT2D eigenvalue weighted by atomic mass is 19.1. The first-order chi connectivity index (χ1) is 17.1. The topological polar surface area (TPSA) is 66.8 Å². The van der Waals surface area contributed by atoms with Crippen LogP contribution in [0.1, 0.15) is 49.1 Å². The minimum atomic E-state index is -0.774. The molecular weight excluding hydrogens is 457 g/mol. The summed E-state index contributed by atoms with van der Waals surface area (Å²) >= 11 is 0. The van der Waals surface area contributed by atoms with E-state index >= 15 is 0 Å². The van der Waals surface area contributed by atoms with Crippen LogP contribution < -0.4 is 4.74 Å². The van der Waals surface area contributed by atoms with Crippen molar-refractivity contribution in [3.8, 4) is 5.75 Å². The van der Waals surface area contributed by atoms with Crippen LogP contribution in [0.3, 0.4) is 0 Å². The second-order valence-electron chi connectivity index (χ2n) is 9.94. The predicted octanol–water partition coefficient (Wildman–Crippen LogP) is 5.80. The minimum Gasteiger partial charge on any atom is -0.507 e. The van der Waals surface area contributed by atoms with Crippen molar-refractivity contribution >= 4 is 17.4 Å². The van der Waals surface area contributed by atoms with Crippen LogP contribution in [-0.4, -0.2) is 35.4 Å². The summed E-state index contributed by atoms with van der Waals surface area (Å²) in [5, 5.41) is 11.3. The van der Waals surface area contributed by atoms with E-state index < -0.39 is 17.7 Å². The van der Waals surface area contributed by atoms with Gasteiger partial charge in [0.05, 0.1) is 24.3 Å². The highest BCUT2D eigenvalue weighted by Crippen LogP contribution is 2.41. The number of rotatable bonds is 6. The number of benzene rings is 3. The summed E-state index contributed by atoms with van der Waals surface area (Å²) in [5.74, 6) is -1.65. The number of hydrogen-bond acceptors (Lipinski definition) is 4. The average molecular weight is 488 g/mol. The van der Waals surface area contributed by atoms with Crippen molar-refractivity contribution in [2.75, 3.05) is 13.7 Å². The quantitative estimate of drug-likeness (QED) is 0.271. The van der Waals surface area contributed by atoms with Gasteiger partial charge < -0.3 is 14.7 Å². The molecule has 1 unspecified atom stereocenters. The third-order valence-electron chi connectivity index (χ3n) is 6.55. The molecule has 0 aromatic heterocycles. The van der Waals surface area contributed by atoms with E-state index in [9.17, 15) is 19.1 Å². The van der Waals surface area contributed by atoms with Gasteiger partial charge >= 0.3 is 0 Å². The van der Waals surface area contributed by atoms with Gasteiger partial charge in [0.25, 0.3) is 11.7 Å². The van der Waals surface area contributed by atoms with Crippen molar-refractivity contribution in [3.63, 3.8) is 0 Å². The molecule has 4 rings (SSSR count). The molecule has 1 atom stereocenters. The Kier molecular flexibility index (Phi) is 6.97. The number of nitrogens with zero attached hydrogens (tertiary/aromatic N) is 1. The second kappa shape index (κ2) is 9.97. The van der Waals surface area contributed by atoms with Crippen molar-refractivity contribution in [1.82, 2.24) is 4.90 Å². The van der Waals surface area contributed by atoms with Gasteiger partial charge in [-0.1, -0.05) is 69.3 Å². The number of halogens is 1. The molecule has 1 aliphatic rings. The summed E-state index contributed by atoms with van der Waals surface area (Å²) < 4.78 is 18.7. The molecule has 3 aromatic carbocycles.